The van der Waals surface area contributed by atoms with E-state index >= 15 is 0 Å². The van der Waals surface area contributed by atoms with Gasteiger partial charge < -0.3 is 9.80 Å². The summed E-state index contributed by atoms with van der Waals surface area (Å²) in [7, 11) is 1.53. The lowest BCUT2D eigenvalue weighted by molar-refractivity contribution is 0.0767. The number of carbonyl (C=O) groups excluding carboxylic acids is 1. The first-order chi connectivity index (χ1) is 10.0. The highest BCUT2D eigenvalue weighted by molar-refractivity contribution is 5.94. The third kappa shape index (κ3) is 3.75. The lowest BCUT2D eigenvalue weighted by atomic mass is 10.1. The van der Waals surface area contributed by atoms with Crippen LogP contribution in [0.25, 0.3) is 0 Å². The minimum absolute atomic E-state index is 0.428. The number of likely N-dealkylation sites (tertiary alicyclic amines) is 1. The molecule has 2 rings (SSSR count). The van der Waals surface area contributed by atoms with Crippen molar-refractivity contribution in [1.29, 1.82) is 0 Å². The summed E-state index contributed by atoms with van der Waals surface area (Å²) < 4.78 is 39.6. The second-order valence-electron chi connectivity index (χ2n) is 5.35. The van der Waals surface area contributed by atoms with Crippen molar-refractivity contribution >= 4 is 5.91 Å². The van der Waals surface area contributed by atoms with Crippen LogP contribution in [0.3, 0.4) is 0 Å². The molecule has 1 amide bonds. The molecule has 0 unspecified atom stereocenters. The number of rotatable bonds is 4. The summed E-state index contributed by atoms with van der Waals surface area (Å²) >= 11 is 0. The summed E-state index contributed by atoms with van der Waals surface area (Å²) in [6.07, 6.45) is 3.52. The largest absolute Gasteiger partial charge is 0.340 e. The summed E-state index contributed by atoms with van der Waals surface area (Å²) in [6.45, 7) is 3.13. The van der Waals surface area contributed by atoms with Crippen molar-refractivity contribution < 1.29 is 18.0 Å². The zero-order valence-electron chi connectivity index (χ0n) is 12.0. The van der Waals surface area contributed by atoms with E-state index in [-0.39, 0.29) is 0 Å². The van der Waals surface area contributed by atoms with Crippen molar-refractivity contribution in [2.45, 2.75) is 19.3 Å². The summed E-state index contributed by atoms with van der Waals surface area (Å²) in [6, 6.07) is 1.75. The molecule has 1 aliphatic heterocycles. The molecule has 0 radical (unpaired) electrons. The van der Waals surface area contributed by atoms with Crippen molar-refractivity contribution in [1.82, 2.24) is 9.80 Å². The fourth-order valence-electron chi connectivity index (χ4n) is 2.47. The van der Waals surface area contributed by atoms with Crippen LogP contribution in [0.4, 0.5) is 13.2 Å². The van der Waals surface area contributed by atoms with Crippen LogP contribution in [0.2, 0.25) is 0 Å². The fraction of sp³-hybridized carbons (Fsp3) is 0.533. The Morgan fingerprint density at radius 3 is 2.48 bits per heavy atom. The van der Waals surface area contributed by atoms with Gasteiger partial charge in [0.25, 0.3) is 5.91 Å². The van der Waals surface area contributed by atoms with Crippen molar-refractivity contribution in [2.75, 3.05) is 33.2 Å². The first-order valence-electron chi connectivity index (χ1n) is 7.12. The quantitative estimate of drug-likeness (QED) is 0.798. The monoisotopic (exact) mass is 300 g/mol. The van der Waals surface area contributed by atoms with Crippen LogP contribution in [0, 0.1) is 17.5 Å². The maximum absolute atomic E-state index is 13.6. The van der Waals surface area contributed by atoms with Gasteiger partial charge in [0.1, 0.15) is 0 Å². The van der Waals surface area contributed by atoms with Gasteiger partial charge in [-0.3, -0.25) is 4.79 Å². The Kier molecular flexibility index (Phi) is 5.22. The molecular formula is C15H19F3N2O. The molecule has 0 spiro atoms. The molecule has 3 nitrogen and oxygen atoms in total. The van der Waals surface area contributed by atoms with Crippen LogP contribution in [-0.2, 0) is 0 Å². The summed E-state index contributed by atoms with van der Waals surface area (Å²) in [5.74, 6) is -4.96. The minimum atomic E-state index is -1.61. The van der Waals surface area contributed by atoms with Gasteiger partial charge in [-0.25, -0.2) is 13.2 Å². The van der Waals surface area contributed by atoms with E-state index in [9.17, 15) is 18.0 Å². The molecule has 1 heterocycles. The maximum Gasteiger partial charge on any atom is 0.256 e. The number of likely N-dealkylation sites (N-methyl/N-ethyl adjacent to an activating group) is 1. The number of hydrogen-bond donors (Lipinski definition) is 0. The zero-order valence-corrected chi connectivity index (χ0v) is 12.0. The van der Waals surface area contributed by atoms with Crippen LogP contribution in [-0.4, -0.2) is 48.9 Å². The predicted octanol–water partition coefficient (Wildman–Crippen LogP) is 2.66. The smallest absolute Gasteiger partial charge is 0.256 e. The van der Waals surface area contributed by atoms with E-state index in [1.54, 1.807) is 0 Å². The van der Waals surface area contributed by atoms with Gasteiger partial charge in [0.15, 0.2) is 17.5 Å². The highest BCUT2D eigenvalue weighted by Gasteiger charge is 2.21. The molecule has 1 aromatic carbocycles. The van der Waals surface area contributed by atoms with Crippen molar-refractivity contribution in [3.05, 3.63) is 35.1 Å². The minimum Gasteiger partial charge on any atom is -0.340 e. The molecule has 1 aromatic rings. The average Bonchev–Trinajstić information content (AvgIpc) is 2.51. The number of amides is 1. The van der Waals surface area contributed by atoms with Crippen LogP contribution < -0.4 is 0 Å². The number of piperidine rings is 1. The SMILES string of the molecule is CN(CCN1CCCCC1)C(=O)c1ccc(F)c(F)c1F. The Morgan fingerprint density at radius 2 is 1.81 bits per heavy atom. The molecule has 0 aliphatic carbocycles. The van der Waals surface area contributed by atoms with Gasteiger partial charge in [0.05, 0.1) is 5.56 Å². The normalized spacial score (nSPS) is 16.0. The third-order valence-corrected chi connectivity index (χ3v) is 3.81. The van der Waals surface area contributed by atoms with Crippen molar-refractivity contribution in [3.8, 4) is 0 Å². The van der Waals surface area contributed by atoms with Gasteiger partial charge in [-0.15, -0.1) is 0 Å². The Bertz CT molecular complexity index is 516. The van der Waals surface area contributed by atoms with Crippen LogP contribution >= 0.6 is 0 Å². The molecule has 0 saturated carbocycles. The van der Waals surface area contributed by atoms with Crippen LogP contribution in [0.5, 0.6) is 0 Å². The van der Waals surface area contributed by atoms with Crippen molar-refractivity contribution in [3.63, 3.8) is 0 Å². The van der Waals surface area contributed by atoms with E-state index in [0.717, 1.165) is 38.1 Å². The highest BCUT2D eigenvalue weighted by Crippen LogP contribution is 2.16. The first-order valence-corrected chi connectivity index (χ1v) is 7.12. The second kappa shape index (κ2) is 6.93. The van der Waals surface area contributed by atoms with E-state index in [1.165, 1.54) is 18.4 Å². The second-order valence-corrected chi connectivity index (χ2v) is 5.35. The molecule has 1 fully saturated rings. The molecule has 21 heavy (non-hydrogen) atoms. The third-order valence-electron chi connectivity index (χ3n) is 3.81. The van der Waals surface area contributed by atoms with Crippen LogP contribution in [0.1, 0.15) is 29.6 Å². The molecule has 116 valence electrons. The lowest BCUT2D eigenvalue weighted by Crippen LogP contribution is -2.39. The average molecular weight is 300 g/mol. The van der Waals surface area contributed by atoms with Gasteiger partial charge in [-0.2, -0.15) is 0 Å². The Morgan fingerprint density at radius 1 is 1.14 bits per heavy atom. The van der Waals surface area contributed by atoms with Crippen molar-refractivity contribution in [2.24, 2.45) is 0 Å². The number of hydrogen-bond acceptors (Lipinski definition) is 2. The molecule has 0 bridgehead atoms. The fourth-order valence-corrected chi connectivity index (χ4v) is 2.47. The molecule has 1 saturated heterocycles. The standard InChI is InChI=1S/C15H19F3N2O/c1-19(9-10-20-7-3-2-4-8-20)15(21)11-5-6-12(16)14(18)13(11)17/h5-6H,2-4,7-10H2,1H3. The number of benzene rings is 1. The Balaban J connectivity index is 1.97. The Hall–Kier alpha value is -1.56. The van der Waals surface area contributed by atoms with Crippen LogP contribution in [0.15, 0.2) is 12.1 Å². The van der Waals surface area contributed by atoms with Gasteiger partial charge in [-0.1, -0.05) is 6.42 Å². The summed E-state index contributed by atoms with van der Waals surface area (Å²) in [4.78, 5) is 15.7. The molecule has 1 aliphatic rings. The van der Waals surface area contributed by atoms with Gasteiger partial charge in [-0.05, 0) is 38.1 Å². The molecule has 6 heteroatoms. The first kappa shape index (κ1) is 15.8. The van der Waals surface area contributed by atoms with E-state index in [0.29, 0.717) is 13.1 Å². The Labute approximate surface area is 122 Å². The van der Waals surface area contributed by atoms with E-state index < -0.39 is 28.9 Å². The summed E-state index contributed by atoms with van der Waals surface area (Å²) in [5.41, 5.74) is -0.435. The zero-order chi connectivity index (χ0) is 15.4. The number of halogens is 3. The molecular weight excluding hydrogens is 281 g/mol. The maximum atomic E-state index is 13.6. The van der Waals surface area contributed by atoms with Gasteiger partial charge in [0.2, 0.25) is 0 Å². The molecule has 0 atom stereocenters. The van der Waals surface area contributed by atoms with E-state index in [4.69, 9.17) is 0 Å². The molecule has 0 aromatic heterocycles. The number of nitrogens with zero attached hydrogens (tertiary/aromatic N) is 2. The van der Waals surface area contributed by atoms with E-state index in [1.807, 2.05) is 0 Å². The lowest BCUT2D eigenvalue weighted by Gasteiger charge is -2.28. The summed E-state index contributed by atoms with van der Waals surface area (Å²) in [5, 5.41) is 0. The predicted molar refractivity (Wildman–Crippen MR) is 73.6 cm³/mol. The molecule has 0 N–H and O–H groups in total. The van der Waals surface area contributed by atoms with E-state index in [2.05, 4.69) is 4.90 Å². The number of carbonyl (C=O) groups is 1. The highest BCUT2D eigenvalue weighted by atomic mass is 19.2. The topological polar surface area (TPSA) is 23.6 Å². The van der Waals surface area contributed by atoms with Gasteiger partial charge in [0, 0.05) is 20.1 Å². The van der Waals surface area contributed by atoms with Gasteiger partial charge >= 0.3 is 0 Å².